The Balaban J connectivity index is 1.57. The number of nitrogens with one attached hydrogen (secondary N) is 2. The Morgan fingerprint density at radius 3 is 2.71 bits per heavy atom. The number of rotatable bonds is 6. The van der Waals surface area contributed by atoms with Gasteiger partial charge >= 0.3 is 12.0 Å². The molecule has 1 aromatic carbocycles. The summed E-state index contributed by atoms with van der Waals surface area (Å²) in [4.78, 5) is 49.9. The SMILES string of the molecule is Cc1c(Cl)cccc1NC(=O)[C@H](C)OC(=O)CN1C(=O)N[C@@](C)(C2CC2)C1=O. The second-order valence-electron chi connectivity index (χ2n) is 7.33. The summed E-state index contributed by atoms with van der Waals surface area (Å²) in [6.45, 7) is 4.29. The molecule has 0 spiro atoms. The van der Waals surface area contributed by atoms with Crippen LogP contribution >= 0.6 is 11.6 Å². The van der Waals surface area contributed by atoms with Crippen LogP contribution in [0.4, 0.5) is 10.5 Å². The average Bonchev–Trinajstić information content (AvgIpc) is 3.45. The monoisotopic (exact) mass is 407 g/mol. The summed E-state index contributed by atoms with van der Waals surface area (Å²) in [5.41, 5.74) is 0.231. The number of halogens is 1. The van der Waals surface area contributed by atoms with Crippen LogP contribution in [0.2, 0.25) is 5.02 Å². The van der Waals surface area contributed by atoms with Crippen molar-refractivity contribution in [1.29, 1.82) is 0 Å². The lowest BCUT2D eigenvalue weighted by atomic mass is 9.96. The number of amides is 4. The van der Waals surface area contributed by atoms with Gasteiger partial charge in [-0.15, -0.1) is 0 Å². The van der Waals surface area contributed by atoms with E-state index in [-0.39, 0.29) is 5.92 Å². The normalized spacial score (nSPS) is 22.6. The molecule has 0 unspecified atom stereocenters. The minimum absolute atomic E-state index is 0.0932. The van der Waals surface area contributed by atoms with Crippen LogP contribution in [0.3, 0.4) is 0 Å². The molecular formula is C19H22ClN3O5. The number of imide groups is 1. The van der Waals surface area contributed by atoms with Crippen LogP contribution in [0.25, 0.3) is 0 Å². The number of benzene rings is 1. The van der Waals surface area contributed by atoms with Crippen LogP contribution in [0.1, 0.15) is 32.3 Å². The van der Waals surface area contributed by atoms with Crippen molar-refractivity contribution in [2.45, 2.75) is 45.3 Å². The van der Waals surface area contributed by atoms with Crippen LogP contribution in [0, 0.1) is 12.8 Å². The average molecular weight is 408 g/mol. The minimum Gasteiger partial charge on any atom is -0.451 e. The Kier molecular flexibility index (Phi) is 5.34. The Hall–Kier alpha value is -2.61. The largest absolute Gasteiger partial charge is 0.451 e. The third kappa shape index (κ3) is 3.82. The van der Waals surface area contributed by atoms with Crippen molar-refractivity contribution in [2.75, 3.05) is 11.9 Å². The van der Waals surface area contributed by atoms with E-state index >= 15 is 0 Å². The Bertz CT molecular complexity index is 854. The second-order valence-corrected chi connectivity index (χ2v) is 7.74. The van der Waals surface area contributed by atoms with Crippen molar-refractivity contribution < 1.29 is 23.9 Å². The van der Waals surface area contributed by atoms with Gasteiger partial charge in [-0.05, 0) is 57.2 Å². The molecule has 1 aliphatic heterocycles. The molecule has 2 atom stereocenters. The zero-order valence-corrected chi connectivity index (χ0v) is 16.6. The van der Waals surface area contributed by atoms with Crippen molar-refractivity contribution in [2.24, 2.45) is 5.92 Å². The molecule has 1 heterocycles. The van der Waals surface area contributed by atoms with Gasteiger partial charge in [0.25, 0.3) is 11.8 Å². The molecule has 0 aromatic heterocycles. The molecule has 9 heteroatoms. The molecule has 1 saturated carbocycles. The summed E-state index contributed by atoms with van der Waals surface area (Å²) >= 11 is 6.02. The molecule has 3 rings (SSSR count). The first kappa shape index (κ1) is 20.1. The highest BCUT2D eigenvalue weighted by molar-refractivity contribution is 6.31. The summed E-state index contributed by atoms with van der Waals surface area (Å²) < 4.78 is 5.10. The number of nitrogens with zero attached hydrogens (tertiary/aromatic N) is 1. The van der Waals surface area contributed by atoms with Crippen molar-refractivity contribution in [3.8, 4) is 0 Å². The van der Waals surface area contributed by atoms with Crippen LogP contribution < -0.4 is 10.6 Å². The molecule has 150 valence electrons. The van der Waals surface area contributed by atoms with Gasteiger partial charge in [-0.25, -0.2) is 4.79 Å². The first-order valence-electron chi connectivity index (χ1n) is 9.03. The summed E-state index contributed by atoms with van der Waals surface area (Å²) in [5.74, 6) is -1.73. The highest BCUT2D eigenvalue weighted by Gasteiger charge is 2.56. The van der Waals surface area contributed by atoms with Gasteiger partial charge in [0.2, 0.25) is 0 Å². The molecule has 2 N–H and O–H groups in total. The number of urea groups is 1. The molecular weight excluding hydrogens is 386 g/mol. The van der Waals surface area contributed by atoms with Crippen LogP contribution in [-0.4, -0.2) is 46.9 Å². The van der Waals surface area contributed by atoms with Crippen molar-refractivity contribution in [1.82, 2.24) is 10.2 Å². The maximum atomic E-state index is 12.5. The fourth-order valence-corrected chi connectivity index (χ4v) is 3.37. The van der Waals surface area contributed by atoms with Gasteiger partial charge in [0.05, 0.1) is 0 Å². The van der Waals surface area contributed by atoms with Gasteiger partial charge in [0.1, 0.15) is 12.1 Å². The Labute approximate surface area is 167 Å². The fourth-order valence-electron chi connectivity index (χ4n) is 3.19. The van der Waals surface area contributed by atoms with Crippen LogP contribution in [0.15, 0.2) is 18.2 Å². The molecule has 28 heavy (non-hydrogen) atoms. The lowest BCUT2D eigenvalue weighted by Crippen LogP contribution is -2.46. The van der Waals surface area contributed by atoms with Crippen LogP contribution in [-0.2, 0) is 19.1 Å². The fraction of sp³-hybridized carbons (Fsp3) is 0.474. The van der Waals surface area contributed by atoms with E-state index in [2.05, 4.69) is 10.6 Å². The van der Waals surface area contributed by atoms with E-state index in [1.54, 1.807) is 32.0 Å². The molecule has 1 aliphatic carbocycles. The lowest BCUT2D eigenvalue weighted by Gasteiger charge is -2.21. The molecule has 1 aromatic rings. The number of carbonyl (C=O) groups excluding carboxylic acids is 4. The molecule has 2 aliphatic rings. The van der Waals surface area contributed by atoms with E-state index in [9.17, 15) is 19.2 Å². The number of esters is 1. The smallest absolute Gasteiger partial charge is 0.327 e. The van der Waals surface area contributed by atoms with Crippen LogP contribution in [0.5, 0.6) is 0 Å². The number of carbonyl (C=O) groups is 4. The van der Waals surface area contributed by atoms with E-state index in [1.165, 1.54) is 6.92 Å². The Morgan fingerprint density at radius 1 is 1.39 bits per heavy atom. The third-order valence-electron chi connectivity index (χ3n) is 5.19. The second kappa shape index (κ2) is 7.43. The van der Waals surface area contributed by atoms with Gasteiger partial charge in [-0.1, -0.05) is 17.7 Å². The topological polar surface area (TPSA) is 105 Å². The van der Waals surface area contributed by atoms with E-state index in [4.69, 9.17) is 16.3 Å². The first-order chi connectivity index (χ1) is 13.1. The van der Waals surface area contributed by atoms with E-state index < -0.39 is 42.0 Å². The molecule has 8 nitrogen and oxygen atoms in total. The number of ether oxygens (including phenoxy) is 1. The maximum Gasteiger partial charge on any atom is 0.327 e. The standard InChI is InChI=1S/C19H22ClN3O5/c1-10-13(20)5-4-6-14(10)21-16(25)11(2)28-15(24)9-23-17(26)19(3,12-7-8-12)22-18(23)27/h4-6,11-12H,7-9H2,1-3H3,(H,21,25)(H,22,27)/t11-,19-/m0/s1. The van der Waals surface area contributed by atoms with Gasteiger partial charge in [-0.2, -0.15) is 0 Å². The van der Waals surface area contributed by atoms with E-state index in [0.717, 1.165) is 17.7 Å². The summed E-state index contributed by atoms with van der Waals surface area (Å²) in [6, 6.07) is 4.45. The highest BCUT2D eigenvalue weighted by atomic mass is 35.5. The molecule has 1 saturated heterocycles. The van der Waals surface area contributed by atoms with Gasteiger partial charge in [0, 0.05) is 10.7 Å². The zero-order chi connectivity index (χ0) is 20.6. The van der Waals surface area contributed by atoms with Crippen molar-refractivity contribution >= 4 is 41.1 Å². The first-order valence-corrected chi connectivity index (χ1v) is 9.41. The van der Waals surface area contributed by atoms with E-state index in [0.29, 0.717) is 16.3 Å². The van der Waals surface area contributed by atoms with Crippen molar-refractivity contribution in [3.05, 3.63) is 28.8 Å². The summed E-state index contributed by atoms with van der Waals surface area (Å²) in [7, 11) is 0. The summed E-state index contributed by atoms with van der Waals surface area (Å²) in [5, 5.41) is 5.80. The van der Waals surface area contributed by atoms with Gasteiger partial charge in [-0.3, -0.25) is 19.3 Å². The molecule has 0 radical (unpaired) electrons. The number of hydrogen-bond acceptors (Lipinski definition) is 5. The summed E-state index contributed by atoms with van der Waals surface area (Å²) in [6.07, 6.45) is 0.614. The molecule has 4 amide bonds. The van der Waals surface area contributed by atoms with Gasteiger partial charge in [0.15, 0.2) is 6.10 Å². The lowest BCUT2D eigenvalue weighted by molar-refractivity contribution is -0.155. The zero-order valence-electron chi connectivity index (χ0n) is 15.9. The highest BCUT2D eigenvalue weighted by Crippen LogP contribution is 2.42. The molecule has 2 fully saturated rings. The third-order valence-corrected chi connectivity index (χ3v) is 5.59. The predicted octanol–water partition coefficient (Wildman–Crippen LogP) is 2.24. The quantitative estimate of drug-likeness (QED) is 0.555. The number of anilines is 1. The van der Waals surface area contributed by atoms with Gasteiger partial charge < -0.3 is 15.4 Å². The maximum absolute atomic E-state index is 12.5. The number of hydrogen-bond donors (Lipinski definition) is 2. The Morgan fingerprint density at radius 2 is 2.07 bits per heavy atom. The predicted molar refractivity (Wildman–Crippen MR) is 102 cm³/mol. The minimum atomic E-state index is -1.11. The van der Waals surface area contributed by atoms with E-state index in [1.807, 2.05) is 0 Å². The molecule has 0 bridgehead atoms. The van der Waals surface area contributed by atoms with Crippen molar-refractivity contribution in [3.63, 3.8) is 0 Å².